The first-order valence-corrected chi connectivity index (χ1v) is 8.51. The van der Waals surface area contributed by atoms with Crippen molar-refractivity contribution in [2.45, 2.75) is 20.4 Å². The van der Waals surface area contributed by atoms with E-state index in [9.17, 15) is 14.4 Å². The number of rotatable bonds is 6. The third kappa shape index (κ3) is 4.47. The third-order valence-corrected chi connectivity index (χ3v) is 3.63. The lowest BCUT2D eigenvalue weighted by Crippen LogP contribution is -2.18. The highest BCUT2D eigenvalue weighted by molar-refractivity contribution is 5.89. The van der Waals surface area contributed by atoms with E-state index in [4.69, 9.17) is 4.74 Å². The van der Waals surface area contributed by atoms with Crippen molar-refractivity contribution < 1.29 is 14.3 Å². The molecule has 3 N–H and O–H groups in total. The summed E-state index contributed by atoms with van der Waals surface area (Å²) in [5, 5.41) is 5.54. The Morgan fingerprint density at radius 1 is 1.18 bits per heavy atom. The first-order valence-electron chi connectivity index (χ1n) is 8.51. The number of ether oxygens (including phenoxy) is 1. The minimum Gasteiger partial charge on any atom is -0.462 e. The van der Waals surface area contributed by atoms with E-state index in [1.807, 2.05) is 0 Å². The predicted octanol–water partition coefficient (Wildman–Crippen LogP) is 1.46. The van der Waals surface area contributed by atoms with Crippen LogP contribution >= 0.6 is 0 Å². The van der Waals surface area contributed by atoms with Gasteiger partial charge in [0.15, 0.2) is 11.2 Å². The van der Waals surface area contributed by atoms with Crippen molar-refractivity contribution in [1.29, 1.82) is 0 Å². The number of aromatic nitrogens is 4. The van der Waals surface area contributed by atoms with Gasteiger partial charge in [-0.2, -0.15) is 4.98 Å². The normalized spacial score (nSPS) is 10.5. The van der Waals surface area contributed by atoms with Crippen LogP contribution in [0.1, 0.15) is 29.9 Å². The van der Waals surface area contributed by atoms with Gasteiger partial charge in [0.2, 0.25) is 11.9 Å². The number of hydrogen-bond acceptors (Lipinski definition) is 8. The second-order valence-corrected chi connectivity index (χ2v) is 5.78. The molecule has 3 aromatic rings. The molecule has 3 rings (SSSR count). The highest BCUT2D eigenvalue weighted by Crippen LogP contribution is 2.12. The Morgan fingerprint density at radius 2 is 1.93 bits per heavy atom. The van der Waals surface area contributed by atoms with E-state index in [0.29, 0.717) is 24.4 Å². The minimum atomic E-state index is -0.498. The number of anilines is 2. The summed E-state index contributed by atoms with van der Waals surface area (Å²) in [7, 11) is 0. The van der Waals surface area contributed by atoms with Crippen molar-refractivity contribution in [3.05, 3.63) is 52.1 Å². The Labute approximate surface area is 159 Å². The lowest BCUT2D eigenvalue weighted by Gasteiger charge is -2.08. The standard InChI is InChI=1S/C18H18N6O4/c1-3-28-17(27)11-4-6-12(7-5-11)19-8-13-9-20-15-14(22-13)16(26)24-18(23-15)21-10(2)25/h4-7,9,19H,3,8H2,1-2H3,(H2,20,21,23,24,25,26). The van der Waals surface area contributed by atoms with Gasteiger partial charge in [0.25, 0.3) is 5.56 Å². The first kappa shape index (κ1) is 19.0. The number of carbonyl (C=O) groups excluding carboxylic acids is 2. The molecule has 0 aliphatic rings. The van der Waals surface area contributed by atoms with Crippen LogP contribution in [0.2, 0.25) is 0 Å². The van der Waals surface area contributed by atoms with Crippen LogP contribution in [0.5, 0.6) is 0 Å². The molecule has 28 heavy (non-hydrogen) atoms. The number of carbonyl (C=O) groups is 2. The number of amides is 1. The van der Waals surface area contributed by atoms with Crippen LogP contribution < -0.4 is 16.2 Å². The fourth-order valence-corrected chi connectivity index (χ4v) is 2.40. The maximum Gasteiger partial charge on any atom is 0.338 e. The van der Waals surface area contributed by atoms with Crippen LogP contribution in [0, 0.1) is 0 Å². The molecule has 1 aromatic carbocycles. The van der Waals surface area contributed by atoms with Crippen LogP contribution in [0.25, 0.3) is 11.2 Å². The molecule has 0 bridgehead atoms. The Kier molecular flexibility index (Phi) is 5.58. The van der Waals surface area contributed by atoms with Gasteiger partial charge in [-0.25, -0.2) is 14.8 Å². The SMILES string of the molecule is CCOC(=O)c1ccc(NCc2cnc3nc(NC(C)=O)[nH]c(=O)c3n2)cc1. The zero-order chi connectivity index (χ0) is 20.1. The topological polar surface area (TPSA) is 139 Å². The lowest BCUT2D eigenvalue weighted by atomic mass is 10.2. The average Bonchev–Trinajstić information content (AvgIpc) is 2.66. The van der Waals surface area contributed by atoms with Crippen LogP contribution in [0.15, 0.2) is 35.3 Å². The van der Waals surface area contributed by atoms with Gasteiger partial charge in [0.05, 0.1) is 30.6 Å². The summed E-state index contributed by atoms with van der Waals surface area (Å²) in [6.07, 6.45) is 1.49. The van der Waals surface area contributed by atoms with Gasteiger partial charge in [-0.1, -0.05) is 0 Å². The minimum absolute atomic E-state index is 0.0202. The molecule has 0 radical (unpaired) electrons. The van der Waals surface area contributed by atoms with Crippen LogP contribution in [-0.2, 0) is 16.1 Å². The summed E-state index contributed by atoms with van der Waals surface area (Å²) in [4.78, 5) is 49.8. The van der Waals surface area contributed by atoms with Crippen molar-refractivity contribution in [3.8, 4) is 0 Å². The summed E-state index contributed by atoms with van der Waals surface area (Å²) in [6, 6.07) is 6.80. The summed E-state index contributed by atoms with van der Waals surface area (Å²) in [5.74, 6) is -0.711. The average molecular weight is 382 g/mol. The molecule has 0 saturated carbocycles. The van der Waals surface area contributed by atoms with E-state index < -0.39 is 5.56 Å². The molecule has 0 saturated heterocycles. The molecular formula is C18H18N6O4. The number of nitrogens with zero attached hydrogens (tertiary/aromatic N) is 3. The molecule has 1 amide bonds. The zero-order valence-corrected chi connectivity index (χ0v) is 15.3. The second kappa shape index (κ2) is 8.25. The predicted molar refractivity (Wildman–Crippen MR) is 102 cm³/mol. The van der Waals surface area contributed by atoms with Gasteiger partial charge in [-0.05, 0) is 31.2 Å². The summed E-state index contributed by atoms with van der Waals surface area (Å²) < 4.78 is 4.94. The molecule has 10 nitrogen and oxygen atoms in total. The quantitative estimate of drug-likeness (QED) is 0.545. The van der Waals surface area contributed by atoms with Crippen LogP contribution in [-0.4, -0.2) is 38.4 Å². The van der Waals surface area contributed by atoms with E-state index in [1.165, 1.54) is 13.1 Å². The fourth-order valence-electron chi connectivity index (χ4n) is 2.40. The molecule has 0 atom stereocenters. The molecule has 2 heterocycles. The first-order chi connectivity index (χ1) is 13.5. The maximum atomic E-state index is 12.1. The molecule has 0 unspecified atom stereocenters. The van der Waals surface area contributed by atoms with Crippen molar-refractivity contribution in [2.75, 3.05) is 17.2 Å². The van der Waals surface area contributed by atoms with Crippen LogP contribution in [0.3, 0.4) is 0 Å². The number of esters is 1. The smallest absolute Gasteiger partial charge is 0.338 e. The second-order valence-electron chi connectivity index (χ2n) is 5.78. The Balaban J connectivity index is 1.72. The van der Waals surface area contributed by atoms with Gasteiger partial charge in [-0.15, -0.1) is 0 Å². The van der Waals surface area contributed by atoms with Gasteiger partial charge in [0.1, 0.15) is 0 Å². The van der Waals surface area contributed by atoms with Crippen molar-refractivity contribution in [2.24, 2.45) is 0 Å². The Hall–Kier alpha value is -3.82. The highest BCUT2D eigenvalue weighted by Gasteiger charge is 2.09. The summed E-state index contributed by atoms with van der Waals surface area (Å²) >= 11 is 0. The molecule has 0 aliphatic carbocycles. The Morgan fingerprint density at radius 3 is 2.61 bits per heavy atom. The molecular weight excluding hydrogens is 364 g/mol. The van der Waals surface area contributed by atoms with E-state index in [-0.39, 0.29) is 29.0 Å². The molecule has 10 heteroatoms. The summed E-state index contributed by atoms with van der Waals surface area (Å²) in [5.41, 5.74) is 1.47. The number of H-pyrrole nitrogens is 1. The van der Waals surface area contributed by atoms with Gasteiger partial charge in [-0.3, -0.25) is 19.9 Å². The molecule has 0 spiro atoms. The number of hydrogen-bond donors (Lipinski definition) is 3. The van der Waals surface area contributed by atoms with Crippen molar-refractivity contribution in [1.82, 2.24) is 19.9 Å². The third-order valence-electron chi connectivity index (χ3n) is 3.63. The zero-order valence-electron chi connectivity index (χ0n) is 15.3. The lowest BCUT2D eigenvalue weighted by molar-refractivity contribution is -0.114. The van der Waals surface area contributed by atoms with Crippen LogP contribution in [0.4, 0.5) is 11.6 Å². The van der Waals surface area contributed by atoms with Crippen molar-refractivity contribution >= 4 is 34.7 Å². The molecule has 144 valence electrons. The largest absolute Gasteiger partial charge is 0.462 e. The van der Waals surface area contributed by atoms with Gasteiger partial charge in [0, 0.05) is 12.6 Å². The Bertz CT molecular complexity index is 1080. The number of aromatic amines is 1. The van der Waals surface area contributed by atoms with Crippen molar-refractivity contribution in [3.63, 3.8) is 0 Å². The van der Waals surface area contributed by atoms with E-state index in [1.54, 1.807) is 31.2 Å². The maximum absolute atomic E-state index is 12.1. The molecule has 2 aromatic heterocycles. The van der Waals surface area contributed by atoms with E-state index in [0.717, 1.165) is 5.69 Å². The summed E-state index contributed by atoms with van der Waals surface area (Å²) in [6.45, 7) is 3.69. The fraction of sp³-hybridized carbons (Fsp3) is 0.222. The molecule has 0 fully saturated rings. The monoisotopic (exact) mass is 382 g/mol. The molecule has 0 aliphatic heterocycles. The highest BCUT2D eigenvalue weighted by atomic mass is 16.5. The number of benzene rings is 1. The van der Waals surface area contributed by atoms with E-state index >= 15 is 0 Å². The number of fused-ring (bicyclic) bond motifs is 1. The van der Waals surface area contributed by atoms with Gasteiger partial charge < -0.3 is 10.1 Å². The number of nitrogens with one attached hydrogen (secondary N) is 3. The van der Waals surface area contributed by atoms with E-state index in [2.05, 4.69) is 30.6 Å². The van der Waals surface area contributed by atoms with Gasteiger partial charge >= 0.3 is 5.97 Å².